The zero-order chi connectivity index (χ0) is 10.4. The lowest BCUT2D eigenvalue weighted by molar-refractivity contribution is 0.247. The summed E-state index contributed by atoms with van der Waals surface area (Å²) in [6, 6.07) is 4.79. The van der Waals surface area contributed by atoms with Gasteiger partial charge in [0.1, 0.15) is 6.34 Å². The molecule has 0 unspecified atom stereocenters. The number of aryl methyl sites for hydroxylation is 1. The zero-order valence-electron chi connectivity index (χ0n) is 7.69. The number of nitrogens with zero attached hydrogens (tertiary/aromatic N) is 2. The highest BCUT2D eigenvalue weighted by Gasteiger charge is 1.89. The van der Waals surface area contributed by atoms with Crippen LogP contribution in [0.5, 0.6) is 0 Å². The van der Waals surface area contributed by atoms with E-state index >= 15 is 0 Å². The van der Waals surface area contributed by atoms with E-state index in [9.17, 15) is 4.79 Å². The SMILES string of the molecule is Cc1cccc(N=CNNC(N)=O)n1. The number of hydrogen-bond donors (Lipinski definition) is 3. The quantitative estimate of drug-likeness (QED) is 0.364. The number of amides is 2. The van der Waals surface area contributed by atoms with Crippen molar-refractivity contribution in [1.82, 2.24) is 15.8 Å². The molecule has 0 radical (unpaired) electrons. The molecule has 1 rings (SSSR count). The van der Waals surface area contributed by atoms with Crippen molar-refractivity contribution < 1.29 is 4.79 Å². The molecule has 0 saturated heterocycles. The fourth-order valence-corrected chi connectivity index (χ4v) is 0.802. The van der Waals surface area contributed by atoms with Crippen LogP contribution in [0.15, 0.2) is 23.2 Å². The van der Waals surface area contributed by atoms with Crippen molar-refractivity contribution in [3.63, 3.8) is 0 Å². The van der Waals surface area contributed by atoms with Crippen LogP contribution >= 0.6 is 0 Å². The van der Waals surface area contributed by atoms with E-state index < -0.39 is 6.03 Å². The second kappa shape index (κ2) is 4.80. The molecule has 1 heterocycles. The summed E-state index contributed by atoms with van der Waals surface area (Å²) in [7, 11) is 0. The minimum absolute atomic E-state index is 0.559. The molecule has 0 aliphatic rings. The number of rotatable bonds is 3. The number of aliphatic imine (C=N–C) groups is 1. The summed E-state index contributed by atoms with van der Waals surface area (Å²) in [4.78, 5) is 18.3. The third-order valence-electron chi connectivity index (χ3n) is 1.33. The average Bonchev–Trinajstić information content (AvgIpc) is 2.12. The number of urea groups is 1. The number of pyridine rings is 1. The van der Waals surface area contributed by atoms with E-state index in [0.717, 1.165) is 5.69 Å². The molecule has 0 aliphatic heterocycles. The van der Waals surface area contributed by atoms with Crippen LogP contribution < -0.4 is 16.6 Å². The maximum atomic E-state index is 10.2. The molecule has 0 aromatic carbocycles. The Bertz CT molecular complexity index is 349. The summed E-state index contributed by atoms with van der Waals surface area (Å²) in [6.45, 7) is 1.87. The molecule has 2 amide bonds. The van der Waals surface area contributed by atoms with Gasteiger partial charge in [0.25, 0.3) is 0 Å². The number of nitrogens with one attached hydrogen (secondary N) is 2. The van der Waals surface area contributed by atoms with E-state index in [1.165, 1.54) is 6.34 Å². The topological polar surface area (TPSA) is 92.4 Å². The average molecular weight is 193 g/mol. The molecule has 14 heavy (non-hydrogen) atoms. The van der Waals surface area contributed by atoms with E-state index in [1.807, 2.05) is 19.1 Å². The first-order valence-electron chi connectivity index (χ1n) is 3.95. The molecule has 0 aliphatic carbocycles. The Morgan fingerprint density at radius 1 is 1.64 bits per heavy atom. The first kappa shape index (κ1) is 9.97. The van der Waals surface area contributed by atoms with Crippen LogP contribution in [0, 0.1) is 6.92 Å². The molecule has 6 heteroatoms. The summed E-state index contributed by atoms with van der Waals surface area (Å²) in [5, 5.41) is 0. The Labute approximate surface area is 81.2 Å². The van der Waals surface area contributed by atoms with E-state index in [0.29, 0.717) is 5.82 Å². The lowest BCUT2D eigenvalue weighted by Gasteiger charge is -1.98. The van der Waals surface area contributed by atoms with Gasteiger partial charge in [0, 0.05) is 5.69 Å². The van der Waals surface area contributed by atoms with E-state index in [1.54, 1.807) is 6.07 Å². The Kier molecular flexibility index (Phi) is 3.42. The van der Waals surface area contributed by atoms with Crippen LogP contribution in [0.1, 0.15) is 5.69 Å². The number of hydrazine groups is 1. The number of hydrogen-bond acceptors (Lipinski definition) is 3. The van der Waals surface area contributed by atoms with Gasteiger partial charge in [0.15, 0.2) is 5.82 Å². The van der Waals surface area contributed by atoms with Gasteiger partial charge in [-0.05, 0) is 19.1 Å². The van der Waals surface area contributed by atoms with Gasteiger partial charge >= 0.3 is 6.03 Å². The number of aromatic nitrogens is 1. The van der Waals surface area contributed by atoms with E-state index in [4.69, 9.17) is 5.73 Å². The van der Waals surface area contributed by atoms with Crippen molar-refractivity contribution in [3.05, 3.63) is 23.9 Å². The fourth-order valence-electron chi connectivity index (χ4n) is 0.802. The van der Waals surface area contributed by atoms with Crippen LogP contribution in [-0.2, 0) is 0 Å². The number of carbonyl (C=O) groups excluding carboxylic acids is 1. The molecule has 6 nitrogen and oxygen atoms in total. The summed E-state index contributed by atoms with van der Waals surface area (Å²) >= 11 is 0. The van der Waals surface area contributed by atoms with Crippen LogP contribution in [0.25, 0.3) is 0 Å². The minimum Gasteiger partial charge on any atom is -0.350 e. The molecule has 0 bridgehead atoms. The molecule has 1 aromatic rings. The molecule has 1 aromatic heterocycles. The number of primary amides is 1. The monoisotopic (exact) mass is 193 g/mol. The van der Waals surface area contributed by atoms with Gasteiger partial charge in [0.05, 0.1) is 0 Å². The predicted molar refractivity (Wildman–Crippen MR) is 53.0 cm³/mol. The van der Waals surface area contributed by atoms with Crippen molar-refractivity contribution in [2.45, 2.75) is 6.92 Å². The van der Waals surface area contributed by atoms with E-state index in [2.05, 4.69) is 20.8 Å². The highest BCUT2D eigenvalue weighted by molar-refractivity contribution is 5.73. The Balaban J connectivity index is 2.47. The fraction of sp³-hybridized carbons (Fsp3) is 0.125. The normalized spacial score (nSPS) is 10.1. The molecule has 0 spiro atoms. The first-order chi connectivity index (χ1) is 6.68. The van der Waals surface area contributed by atoms with Gasteiger partial charge in [-0.1, -0.05) is 6.07 Å². The molecular weight excluding hydrogens is 182 g/mol. The van der Waals surface area contributed by atoms with Crippen molar-refractivity contribution in [3.8, 4) is 0 Å². The highest BCUT2D eigenvalue weighted by Crippen LogP contribution is 2.05. The third-order valence-corrected chi connectivity index (χ3v) is 1.33. The summed E-state index contributed by atoms with van der Waals surface area (Å²) in [5.41, 5.74) is 10.2. The zero-order valence-corrected chi connectivity index (χ0v) is 7.69. The van der Waals surface area contributed by atoms with Gasteiger partial charge in [-0.3, -0.25) is 10.9 Å². The predicted octanol–water partition coefficient (Wildman–Crippen LogP) is 0.223. The van der Waals surface area contributed by atoms with Crippen LogP contribution in [0.3, 0.4) is 0 Å². The summed E-state index contributed by atoms with van der Waals surface area (Å²) in [6.07, 6.45) is 1.30. The second-order valence-corrected chi connectivity index (χ2v) is 2.53. The molecule has 0 fully saturated rings. The lowest BCUT2D eigenvalue weighted by atomic mass is 10.4. The molecular formula is C8H11N5O. The summed E-state index contributed by atoms with van der Waals surface area (Å²) < 4.78 is 0. The molecule has 0 atom stereocenters. The molecule has 0 saturated carbocycles. The van der Waals surface area contributed by atoms with Gasteiger partial charge in [-0.2, -0.15) is 0 Å². The Morgan fingerprint density at radius 2 is 2.43 bits per heavy atom. The highest BCUT2D eigenvalue weighted by atomic mass is 16.2. The molecule has 4 N–H and O–H groups in total. The van der Waals surface area contributed by atoms with Gasteiger partial charge < -0.3 is 5.73 Å². The maximum Gasteiger partial charge on any atom is 0.330 e. The van der Waals surface area contributed by atoms with Gasteiger partial charge in [0.2, 0.25) is 0 Å². The third kappa shape index (κ3) is 3.53. The van der Waals surface area contributed by atoms with Crippen molar-refractivity contribution in [1.29, 1.82) is 0 Å². The minimum atomic E-state index is -0.673. The Hall–Kier alpha value is -2.11. The standard InChI is InChI=1S/C8H11N5O/c1-6-3-2-4-7(12-6)10-5-11-13-8(9)14/h2-5H,1H3,(H3,9,13,14)(H,10,11,12). The van der Waals surface area contributed by atoms with E-state index in [-0.39, 0.29) is 0 Å². The second-order valence-electron chi connectivity index (χ2n) is 2.53. The number of nitrogens with two attached hydrogens (primary N) is 1. The summed E-state index contributed by atoms with van der Waals surface area (Å²) in [5.74, 6) is 0.559. The first-order valence-corrected chi connectivity index (χ1v) is 3.95. The maximum absolute atomic E-state index is 10.2. The lowest BCUT2D eigenvalue weighted by Crippen LogP contribution is -2.40. The van der Waals surface area contributed by atoms with Gasteiger partial charge in [-0.15, -0.1) is 0 Å². The number of carbonyl (C=O) groups is 1. The van der Waals surface area contributed by atoms with Crippen LogP contribution in [0.4, 0.5) is 10.6 Å². The van der Waals surface area contributed by atoms with Crippen molar-refractivity contribution >= 4 is 18.2 Å². The smallest absolute Gasteiger partial charge is 0.330 e. The Morgan fingerprint density at radius 3 is 3.07 bits per heavy atom. The molecule has 74 valence electrons. The van der Waals surface area contributed by atoms with Crippen molar-refractivity contribution in [2.75, 3.05) is 0 Å². The van der Waals surface area contributed by atoms with Crippen LogP contribution in [-0.4, -0.2) is 17.4 Å². The van der Waals surface area contributed by atoms with Crippen molar-refractivity contribution in [2.24, 2.45) is 10.7 Å². The van der Waals surface area contributed by atoms with Crippen LogP contribution in [0.2, 0.25) is 0 Å². The van der Waals surface area contributed by atoms with Gasteiger partial charge in [-0.25, -0.2) is 14.8 Å². The largest absolute Gasteiger partial charge is 0.350 e.